The molecule has 0 aliphatic carbocycles. The third-order valence-corrected chi connectivity index (χ3v) is 6.52. The Morgan fingerprint density at radius 2 is 1.81 bits per heavy atom. The number of hydrogen-bond donors (Lipinski definition) is 2. The molecular weight excluding hydrogens is 418 g/mol. The van der Waals surface area contributed by atoms with Crippen molar-refractivity contribution in [3.05, 3.63) is 53.1 Å². The second-order valence-corrected chi connectivity index (χ2v) is 8.40. The summed E-state index contributed by atoms with van der Waals surface area (Å²) in [5.41, 5.74) is 1.62. The molecule has 3 amide bonds. The molecule has 2 aliphatic rings. The van der Waals surface area contributed by atoms with Crippen LogP contribution in [0.5, 0.6) is 5.75 Å². The number of amides is 3. The fourth-order valence-electron chi connectivity index (χ4n) is 4.28. The van der Waals surface area contributed by atoms with Crippen molar-refractivity contribution in [1.82, 2.24) is 4.90 Å². The van der Waals surface area contributed by atoms with Crippen LogP contribution in [-0.4, -0.2) is 46.9 Å². The molecule has 0 bridgehead atoms. The normalized spacial score (nSPS) is 20.3. The predicted octanol–water partition coefficient (Wildman–Crippen LogP) is 3.34. The number of phenols is 1. The molecule has 2 aliphatic heterocycles. The fourth-order valence-corrected chi connectivity index (χ4v) is 4.45. The van der Waals surface area contributed by atoms with Gasteiger partial charge in [-0.2, -0.15) is 0 Å². The van der Waals surface area contributed by atoms with E-state index in [2.05, 4.69) is 5.32 Å². The van der Waals surface area contributed by atoms with Crippen LogP contribution in [0.15, 0.2) is 42.5 Å². The number of benzene rings is 2. The highest BCUT2D eigenvalue weighted by atomic mass is 35.5. The molecule has 0 spiro atoms. The van der Waals surface area contributed by atoms with Crippen LogP contribution >= 0.6 is 11.6 Å². The molecule has 1 atom stereocenters. The summed E-state index contributed by atoms with van der Waals surface area (Å²) in [5.74, 6) is -0.812. The predicted molar refractivity (Wildman–Crippen MR) is 118 cm³/mol. The summed E-state index contributed by atoms with van der Waals surface area (Å²) < 4.78 is 0. The van der Waals surface area contributed by atoms with E-state index in [1.807, 2.05) is 4.90 Å². The molecule has 2 aromatic rings. The molecule has 31 heavy (non-hydrogen) atoms. The number of nitrogens with one attached hydrogen (secondary N) is 1. The van der Waals surface area contributed by atoms with E-state index in [0.29, 0.717) is 47.9 Å². The van der Waals surface area contributed by atoms with E-state index in [0.717, 1.165) is 0 Å². The molecule has 2 N–H and O–H groups in total. The van der Waals surface area contributed by atoms with Crippen LogP contribution in [-0.2, 0) is 14.4 Å². The Bertz CT molecular complexity index is 1030. The van der Waals surface area contributed by atoms with Gasteiger partial charge in [-0.15, -0.1) is 0 Å². The van der Waals surface area contributed by atoms with Crippen molar-refractivity contribution in [3.8, 4) is 5.75 Å². The molecule has 2 heterocycles. The summed E-state index contributed by atoms with van der Waals surface area (Å²) in [6.07, 6.45) is 1.28. The quantitative estimate of drug-likeness (QED) is 0.561. The van der Waals surface area contributed by atoms with Gasteiger partial charge < -0.3 is 10.4 Å². The maximum atomic E-state index is 13.1. The number of aromatic hydroxyl groups is 1. The number of imide groups is 1. The Morgan fingerprint density at radius 1 is 1.10 bits per heavy atom. The van der Waals surface area contributed by atoms with E-state index in [4.69, 9.17) is 11.6 Å². The summed E-state index contributed by atoms with van der Waals surface area (Å²) in [7, 11) is 0. The van der Waals surface area contributed by atoms with E-state index >= 15 is 0 Å². The standard InChI is InChI=1S/C23H24ClN3O4/c1-14-16(24)5-4-7-18(14)27-21(29)13-19(23(27)31)26-11-9-15(10-12-26)22(30)25-17-6-2-3-8-20(17)28/h2-8,15,19,28H,9-13H2,1H3,(H,25,30)/t19-/m1/s1. The van der Waals surface area contributed by atoms with Gasteiger partial charge in [-0.3, -0.25) is 19.3 Å². The first kappa shape index (κ1) is 21.3. The molecule has 8 heteroatoms. The van der Waals surface area contributed by atoms with Crippen LogP contribution in [0.25, 0.3) is 0 Å². The molecule has 0 aromatic heterocycles. The Hall–Kier alpha value is -2.90. The Balaban J connectivity index is 1.39. The Labute approximate surface area is 185 Å². The monoisotopic (exact) mass is 441 g/mol. The minimum atomic E-state index is -0.520. The van der Waals surface area contributed by atoms with Crippen LogP contribution in [0.2, 0.25) is 5.02 Å². The van der Waals surface area contributed by atoms with Gasteiger partial charge in [0.05, 0.1) is 23.8 Å². The number of phenolic OH excluding ortho intramolecular Hbond substituents is 1. The maximum absolute atomic E-state index is 13.1. The SMILES string of the molecule is Cc1c(Cl)cccc1N1C(=O)C[C@@H](N2CCC(C(=O)Nc3ccccc3O)CC2)C1=O. The van der Waals surface area contributed by atoms with Crippen molar-refractivity contribution in [1.29, 1.82) is 0 Å². The van der Waals surface area contributed by atoms with Crippen LogP contribution in [0, 0.1) is 12.8 Å². The number of piperidine rings is 1. The lowest BCUT2D eigenvalue weighted by atomic mass is 9.94. The minimum absolute atomic E-state index is 0.0275. The molecular formula is C23H24ClN3O4. The lowest BCUT2D eigenvalue weighted by molar-refractivity contribution is -0.123. The van der Waals surface area contributed by atoms with Crippen molar-refractivity contribution in [2.75, 3.05) is 23.3 Å². The maximum Gasteiger partial charge on any atom is 0.251 e. The number of likely N-dealkylation sites (tertiary alicyclic amines) is 1. The van der Waals surface area contributed by atoms with Gasteiger partial charge in [0.2, 0.25) is 11.8 Å². The number of anilines is 2. The number of carbonyl (C=O) groups is 3. The Kier molecular flexibility index (Phi) is 5.98. The smallest absolute Gasteiger partial charge is 0.251 e. The molecule has 4 rings (SSSR count). The van der Waals surface area contributed by atoms with Crippen molar-refractivity contribution in [2.45, 2.75) is 32.2 Å². The van der Waals surface area contributed by atoms with Gasteiger partial charge in [0.25, 0.3) is 5.91 Å². The van der Waals surface area contributed by atoms with E-state index in [1.165, 1.54) is 11.0 Å². The average molecular weight is 442 g/mol. The lowest BCUT2D eigenvalue weighted by Crippen LogP contribution is -2.47. The zero-order chi connectivity index (χ0) is 22.1. The molecule has 0 saturated carbocycles. The molecule has 0 radical (unpaired) electrons. The first-order valence-electron chi connectivity index (χ1n) is 10.3. The number of halogens is 1. The molecule has 2 fully saturated rings. The molecule has 2 aromatic carbocycles. The molecule has 162 valence electrons. The number of hydrogen-bond acceptors (Lipinski definition) is 5. The molecule has 2 saturated heterocycles. The molecule has 0 unspecified atom stereocenters. The number of carbonyl (C=O) groups excluding carboxylic acids is 3. The van der Waals surface area contributed by atoms with Crippen LogP contribution < -0.4 is 10.2 Å². The zero-order valence-electron chi connectivity index (χ0n) is 17.2. The van der Waals surface area contributed by atoms with Gasteiger partial charge in [0.15, 0.2) is 0 Å². The first-order valence-corrected chi connectivity index (χ1v) is 10.7. The third kappa shape index (κ3) is 4.16. The summed E-state index contributed by atoms with van der Waals surface area (Å²) in [6.45, 7) is 2.88. The highest BCUT2D eigenvalue weighted by Gasteiger charge is 2.44. The van der Waals surface area contributed by atoms with E-state index in [9.17, 15) is 19.5 Å². The topological polar surface area (TPSA) is 90.0 Å². The lowest BCUT2D eigenvalue weighted by Gasteiger charge is -2.34. The Morgan fingerprint density at radius 3 is 2.52 bits per heavy atom. The van der Waals surface area contributed by atoms with Crippen LogP contribution in [0.1, 0.15) is 24.8 Å². The second kappa shape index (κ2) is 8.69. The minimum Gasteiger partial charge on any atom is -0.506 e. The van der Waals surface area contributed by atoms with Gasteiger partial charge in [0, 0.05) is 10.9 Å². The van der Waals surface area contributed by atoms with Crippen LogP contribution in [0.3, 0.4) is 0 Å². The highest BCUT2D eigenvalue weighted by Crippen LogP contribution is 2.33. The highest BCUT2D eigenvalue weighted by molar-refractivity contribution is 6.32. The zero-order valence-corrected chi connectivity index (χ0v) is 17.9. The number of nitrogens with zero attached hydrogens (tertiary/aromatic N) is 2. The largest absolute Gasteiger partial charge is 0.506 e. The van der Waals surface area contributed by atoms with E-state index in [1.54, 1.807) is 43.3 Å². The second-order valence-electron chi connectivity index (χ2n) is 7.99. The summed E-state index contributed by atoms with van der Waals surface area (Å²) in [4.78, 5) is 41.6. The van der Waals surface area contributed by atoms with E-state index < -0.39 is 6.04 Å². The molecule has 7 nitrogen and oxygen atoms in total. The van der Waals surface area contributed by atoms with E-state index in [-0.39, 0.29) is 35.8 Å². The van der Waals surface area contributed by atoms with Gasteiger partial charge in [-0.25, -0.2) is 4.90 Å². The summed E-state index contributed by atoms with van der Waals surface area (Å²) >= 11 is 6.17. The summed E-state index contributed by atoms with van der Waals surface area (Å²) in [5, 5.41) is 13.1. The van der Waals surface area contributed by atoms with Crippen LogP contribution in [0.4, 0.5) is 11.4 Å². The van der Waals surface area contributed by atoms with Gasteiger partial charge in [-0.1, -0.05) is 29.8 Å². The van der Waals surface area contributed by atoms with Crippen molar-refractivity contribution in [2.24, 2.45) is 5.92 Å². The summed E-state index contributed by atoms with van der Waals surface area (Å²) in [6, 6.07) is 11.3. The average Bonchev–Trinajstić information content (AvgIpc) is 3.06. The third-order valence-electron chi connectivity index (χ3n) is 6.11. The van der Waals surface area contributed by atoms with Gasteiger partial charge >= 0.3 is 0 Å². The number of rotatable bonds is 4. The van der Waals surface area contributed by atoms with Crippen molar-refractivity contribution < 1.29 is 19.5 Å². The fraction of sp³-hybridized carbons (Fsp3) is 0.348. The first-order chi connectivity index (χ1) is 14.9. The van der Waals surface area contributed by atoms with Gasteiger partial charge in [-0.05, 0) is 62.7 Å². The van der Waals surface area contributed by atoms with Gasteiger partial charge in [0.1, 0.15) is 5.75 Å². The van der Waals surface area contributed by atoms with Crippen molar-refractivity contribution >= 4 is 40.7 Å². The number of para-hydroxylation sites is 2. The van der Waals surface area contributed by atoms with Crippen molar-refractivity contribution in [3.63, 3.8) is 0 Å².